The van der Waals surface area contributed by atoms with E-state index in [0.717, 1.165) is 0 Å². The Morgan fingerprint density at radius 2 is 0.644 bits per heavy atom. The smallest absolute Gasteiger partial charge is 1.00 e. The summed E-state index contributed by atoms with van der Waals surface area (Å²) in [4.78, 5) is 0. The molecule has 0 nitrogen and oxygen atoms in total. The van der Waals surface area contributed by atoms with Crippen LogP contribution >= 0.6 is 0 Å². The fourth-order valence-corrected chi connectivity index (χ4v) is 5.22. The molecule has 0 heterocycles. The minimum atomic E-state index is 0. The molecule has 45 heavy (non-hydrogen) atoms. The maximum absolute atomic E-state index is 2.31. The van der Waals surface area contributed by atoms with Crippen LogP contribution in [0.4, 0.5) is 0 Å². The monoisotopic (exact) mass is 840 g/mol. The first-order valence-corrected chi connectivity index (χ1v) is 15.1. The predicted octanol–water partition coefficient (Wildman–Crippen LogP) is 2.71. The summed E-state index contributed by atoms with van der Waals surface area (Å²) in [5, 5.41) is 8.30. The van der Waals surface area contributed by atoms with Crippen LogP contribution in [0.2, 0.25) is 0 Å². The van der Waals surface area contributed by atoms with Gasteiger partial charge in [0.05, 0.1) is 0 Å². The number of fused-ring (bicyclic) bond motifs is 3. The quantitative estimate of drug-likeness (QED) is 0.197. The van der Waals surface area contributed by atoms with Crippen LogP contribution in [0, 0.1) is 0 Å². The molecule has 0 saturated heterocycles. The van der Waals surface area contributed by atoms with Crippen LogP contribution in [-0.4, -0.2) is 0 Å². The van der Waals surface area contributed by atoms with Crippen molar-refractivity contribution in [2.24, 2.45) is 0 Å². The third-order valence-electron chi connectivity index (χ3n) is 7.49. The van der Waals surface area contributed by atoms with E-state index >= 15 is 0 Å². The molecular weight excluding hydrogens is 799 g/mol. The molecule has 0 aliphatic rings. The summed E-state index contributed by atoms with van der Waals surface area (Å²) in [7, 11) is 0. The Bertz CT molecular complexity index is 1260. The fraction of sp³-hybridized carbons (Fsp3) is 0.308. The molecule has 0 aliphatic carbocycles. The molecular formula is C39H45F3Zr3. The first-order chi connectivity index (χ1) is 19.2. The van der Waals surface area contributed by atoms with Crippen LogP contribution in [0.5, 0.6) is 0 Å². The van der Waals surface area contributed by atoms with Crippen molar-refractivity contribution in [2.45, 2.75) is 78.6 Å². The molecule has 0 bridgehead atoms. The van der Waals surface area contributed by atoms with Gasteiger partial charge in [-0.25, -0.2) is 0 Å². The molecule has 6 heteroatoms. The van der Waals surface area contributed by atoms with Crippen molar-refractivity contribution in [3.63, 3.8) is 0 Å². The molecule has 0 saturated carbocycles. The first-order valence-electron chi connectivity index (χ1n) is 15.1. The molecule has 6 aromatic rings. The van der Waals surface area contributed by atoms with Gasteiger partial charge < -0.3 is 14.1 Å². The number of rotatable bonds is 9. The Morgan fingerprint density at radius 3 is 0.867 bits per heavy atom. The molecule has 0 aliphatic heterocycles. The van der Waals surface area contributed by atoms with Crippen LogP contribution < -0.4 is 14.1 Å². The number of aryl methyl sites for hydroxylation is 3. The molecule has 6 aromatic carbocycles. The summed E-state index contributed by atoms with van der Waals surface area (Å²) in [5.41, 5.74) is 4.47. The second-order valence-electron chi connectivity index (χ2n) is 10.8. The number of unbranched alkanes of at least 4 members (excludes halogenated alkanes) is 3. The first kappa shape index (κ1) is 48.3. The average molecular weight is 844 g/mol. The standard InChI is InChI=1S/3C13H15.3FH.3Zr/c3*1-2-3-6-11-9-12-7-4-5-8-13(12)10-11;;;;;;/h3*4-5,7-10H,2-3,6H2,1H3;3*1H;;;/q3*-1;;;;3*+2/p-3. The zero-order valence-corrected chi connectivity index (χ0v) is 34.3. The van der Waals surface area contributed by atoms with E-state index < -0.39 is 0 Å². The topological polar surface area (TPSA) is 0 Å². The summed E-state index contributed by atoms with van der Waals surface area (Å²) in [5.74, 6) is 0. The van der Waals surface area contributed by atoms with Crippen LogP contribution in [-0.2, 0) is 97.9 Å². The van der Waals surface area contributed by atoms with Gasteiger partial charge in [0.1, 0.15) is 0 Å². The third kappa shape index (κ3) is 15.6. The Kier molecular flexibility index (Phi) is 28.9. The zero-order valence-electron chi connectivity index (χ0n) is 26.9. The van der Waals surface area contributed by atoms with Gasteiger partial charge in [-0.05, 0) is 19.3 Å². The van der Waals surface area contributed by atoms with E-state index in [2.05, 4.69) is 130 Å². The maximum atomic E-state index is 2.31. The molecule has 0 amide bonds. The second-order valence-corrected chi connectivity index (χ2v) is 10.8. The molecule has 234 valence electrons. The van der Waals surface area contributed by atoms with E-state index in [4.69, 9.17) is 0 Å². The van der Waals surface area contributed by atoms with Gasteiger partial charge in [0.2, 0.25) is 0 Å². The largest absolute Gasteiger partial charge is 2.00 e. The average Bonchev–Trinajstić information content (AvgIpc) is 3.70. The molecule has 0 atom stereocenters. The molecule has 0 spiro atoms. The SMILES string of the molecule is CCCCc1cc2ccccc2[cH-]1.CCCCc1cc2ccccc2[cH-]1.CCCCc1cc2ccccc2[cH-]1.[F-].[F-].[F-].[Zr+2].[Zr+2].[Zr+2]. The van der Waals surface area contributed by atoms with Gasteiger partial charge >= 0.3 is 78.6 Å². The number of benzene rings is 3. The van der Waals surface area contributed by atoms with Crippen molar-refractivity contribution in [3.8, 4) is 0 Å². The molecule has 0 aromatic heterocycles. The van der Waals surface area contributed by atoms with E-state index in [1.807, 2.05) is 0 Å². The minimum absolute atomic E-state index is 0. The van der Waals surface area contributed by atoms with Gasteiger partial charge in [0, 0.05) is 0 Å². The maximum Gasteiger partial charge on any atom is 2.00 e. The molecule has 6 rings (SSSR count). The Hall–Kier alpha value is -1.07. The minimum Gasteiger partial charge on any atom is -1.00 e. The van der Waals surface area contributed by atoms with Crippen molar-refractivity contribution in [1.82, 2.24) is 0 Å². The Labute approximate surface area is 326 Å². The Morgan fingerprint density at radius 1 is 0.400 bits per heavy atom. The number of hydrogen-bond donors (Lipinski definition) is 0. The molecule has 0 fully saturated rings. The molecule has 0 N–H and O–H groups in total. The fourth-order valence-electron chi connectivity index (χ4n) is 5.22. The van der Waals surface area contributed by atoms with Crippen LogP contribution in [0.25, 0.3) is 32.3 Å². The summed E-state index contributed by atoms with van der Waals surface area (Å²) in [6, 6.07) is 39.6. The molecule has 0 radical (unpaired) electrons. The van der Waals surface area contributed by atoms with E-state index in [0.29, 0.717) is 0 Å². The van der Waals surface area contributed by atoms with E-state index in [1.54, 1.807) is 0 Å². The van der Waals surface area contributed by atoms with Crippen molar-refractivity contribution in [3.05, 3.63) is 126 Å². The van der Waals surface area contributed by atoms with Crippen LogP contribution in [0.3, 0.4) is 0 Å². The Balaban J connectivity index is -0.000000551. The van der Waals surface area contributed by atoms with Gasteiger partial charge in [-0.3, -0.25) is 0 Å². The van der Waals surface area contributed by atoms with Gasteiger partial charge in [0.25, 0.3) is 0 Å². The zero-order chi connectivity index (χ0) is 27.3. The number of halogens is 3. The van der Waals surface area contributed by atoms with Crippen molar-refractivity contribution < 1.29 is 92.7 Å². The van der Waals surface area contributed by atoms with Crippen molar-refractivity contribution in [1.29, 1.82) is 0 Å². The summed E-state index contributed by atoms with van der Waals surface area (Å²) in [6.07, 6.45) is 11.4. The van der Waals surface area contributed by atoms with Crippen molar-refractivity contribution >= 4 is 32.3 Å². The van der Waals surface area contributed by atoms with E-state index in [9.17, 15) is 0 Å². The number of hydrogen-bond acceptors (Lipinski definition) is 0. The van der Waals surface area contributed by atoms with E-state index in [-0.39, 0.29) is 92.7 Å². The van der Waals surface area contributed by atoms with Crippen molar-refractivity contribution in [2.75, 3.05) is 0 Å². The third-order valence-corrected chi connectivity index (χ3v) is 7.49. The van der Waals surface area contributed by atoms with Crippen LogP contribution in [0.15, 0.2) is 109 Å². The summed E-state index contributed by atoms with van der Waals surface area (Å²) >= 11 is 0. The second kappa shape index (κ2) is 26.9. The van der Waals surface area contributed by atoms with E-state index in [1.165, 1.54) is 107 Å². The summed E-state index contributed by atoms with van der Waals surface area (Å²) in [6.45, 7) is 6.72. The predicted molar refractivity (Wildman–Crippen MR) is 174 cm³/mol. The normalized spacial score (nSPS) is 9.40. The summed E-state index contributed by atoms with van der Waals surface area (Å²) < 4.78 is 0. The van der Waals surface area contributed by atoms with Gasteiger partial charge in [-0.1, -0.05) is 77.5 Å². The molecule has 0 unspecified atom stereocenters. The van der Waals surface area contributed by atoms with Gasteiger partial charge in [0.15, 0.2) is 0 Å². The van der Waals surface area contributed by atoms with Gasteiger partial charge in [-0.2, -0.15) is 18.2 Å². The van der Waals surface area contributed by atoms with Gasteiger partial charge in [-0.15, -0.1) is 122 Å². The van der Waals surface area contributed by atoms with Crippen LogP contribution in [0.1, 0.15) is 76.0 Å².